The van der Waals surface area contributed by atoms with E-state index in [1.54, 1.807) is 6.07 Å². The van der Waals surface area contributed by atoms with Crippen LogP contribution in [0.15, 0.2) is 12.1 Å². The Balaban J connectivity index is 2.03. The highest BCUT2D eigenvalue weighted by Gasteiger charge is 2.21. The van der Waals surface area contributed by atoms with Crippen LogP contribution in [0.4, 0.5) is 5.82 Å². The zero-order valence-electron chi connectivity index (χ0n) is 10.4. The highest BCUT2D eigenvalue weighted by Crippen LogP contribution is 2.18. The van der Waals surface area contributed by atoms with Gasteiger partial charge in [0.2, 0.25) is 0 Å². The third kappa shape index (κ3) is 3.09. The van der Waals surface area contributed by atoms with E-state index in [2.05, 4.69) is 28.8 Å². The first-order valence-electron chi connectivity index (χ1n) is 5.90. The summed E-state index contributed by atoms with van der Waals surface area (Å²) in [7, 11) is 2.16. The van der Waals surface area contributed by atoms with Crippen LogP contribution in [-0.2, 0) is 6.54 Å². The van der Waals surface area contributed by atoms with Crippen molar-refractivity contribution in [1.29, 1.82) is 0 Å². The number of pyridine rings is 1. The largest absolute Gasteiger partial charge is 0.384 e. The summed E-state index contributed by atoms with van der Waals surface area (Å²) in [4.78, 5) is 9.04. The van der Waals surface area contributed by atoms with Crippen LogP contribution in [-0.4, -0.2) is 47.5 Å². The van der Waals surface area contributed by atoms with E-state index < -0.39 is 0 Å². The summed E-state index contributed by atoms with van der Waals surface area (Å²) in [5, 5.41) is 0.700. The van der Waals surface area contributed by atoms with Gasteiger partial charge in [0.05, 0.1) is 10.7 Å². The van der Waals surface area contributed by atoms with Crippen LogP contribution in [0.1, 0.15) is 12.6 Å². The quantitative estimate of drug-likeness (QED) is 0.868. The number of likely N-dealkylation sites (N-methyl/N-ethyl adjacent to an activating group) is 1. The van der Waals surface area contributed by atoms with Gasteiger partial charge in [0.15, 0.2) is 0 Å². The van der Waals surface area contributed by atoms with Crippen LogP contribution in [0.2, 0.25) is 5.02 Å². The lowest BCUT2D eigenvalue weighted by Crippen LogP contribution is -2.49. The van der Waals surface area contributed by atoms with Crippen molar-refractivity contribution in [3.05, 3.63) is 22.8 Å². The molecule has 2 rings (SSSR count). The van der Waals surface area contributed by atoms with Gasteiger partial charge in [-0.05, 0) is 26.1 Å². The fraction of sp³-hybridized carbons (Fsp3) is 0.583. The normalized spacial score (nSPS) is 22.9. The lowest BCUT2D eigenvalue weighted by atomic mass is 10.2. The Morgan fingerprint density at radius 1 is 1.47 bits per heavy atom. The molecule has 0 bridgehead atoms. The van der Waals surface area contributed by atoms with E-state index in [0.717, 1.165) is 31.9 Å². The number of rotatable bonds is 2. The molecule has 1 atom stereocenters. The fourth-order valence-corrected chi connectivity index (χ4v) is 2.26. The Bertz CT molecular complexity index is 396. The maximum Gasteiger partial charge on any atom is 0.123 e. The second-order valence-electron chi connectivity index (χ2n) is 4.73. The molecule has 1 aromatic rings. The molecule has 2 N–H and O–H groups in total. The summed E-state index contributed by atoms with van der Waals surface area (Å²) in [6.45, 7) is 6.20. The first-order chi connectivity index (χ1) is 8.06. The molecule has 1 fully saturated rings. The van der Waals surface area contributed by atoms with Gasteiger partial charge < -0.3 is 10.6 Å². The highest BCUT2D eigenvalue weighted by atomic mass is 35.5. The molecule has 17 heavy (non-hydrogen) atoms. The topological polar surface area (TPSA) is 45.4 Å². The highest BCUT2D eigenvalue weighted by molar-refractivity contribution is 6.31. The van der Waals surface area contributed by atoms with Gasteiger partial charge in [0, 0.05) is 32.2 Å². The third-order valence-corrected chi connectivity index (χ3v) is 3.70. The van der Waals surface area contributed by atoms with Crippen molar-refractivity contribution in [3.8, 4) is 0 Å². The zero-order valence-corrected chi connectivity index (χ0v) is 11.1. The van der Waals surface area contributed by atoms with Crippen molar-refractivity contribution in [2.24, 2.45) is 0 Å². The van der Waals surface area contributed by atoms with Crippen LogP contribution in [0, 0.1) is 0 Å². The van der Waals surface area contributed by atoms with E-state index in [1.165, 1.54) is 0 Å². The number of nitrogen functional groups attached to an aromatic ring is 1. The number of anilines is 1. The smallest absolute Gasteiger partial charge is 0.123 e. The van der Waals surface area contributed by atoms with Gasteiger partial charge in [0.1, 0.15) is 5.82 Å². The minimum Gasteiger partial charge on any atom is -0.384 e. The summed E-state index contributed by atoms with van der Waals surface area (Å²) in [5.74, 6) is 0.534. The number of halogens is 1. The van der Waals surface area contributed by atoms with Gasteiger partial charge in [0.25, 0.3) is 0 Å². The zero-order chi connectivity index (χ0) is 12.4. The molecule has 5 heteroatoms. The van der Waals surface area contributed by atoms with E-state index in [0.29, 0.717) is 16.9 Å². The van der Waals surface area contributed by atoms with Gasteiger partial charge in [-0.3, -0.25) is 4.90 Å². The molecule has 0 radical (unpaired) electrons. The number of piperazine rings is 1. The molecule has 0 saturated carbocycles. The van der Waals surface area contributed by atoms with Gasteiger partial charge >= 0.3 is 0 Å². The summed E-state index contributed by atoms with van der Waals surface area (Å²) in [5.41, 5.74) is 6.56. The second-order valence-corrected chi connectivity index (χ2v) is 5.14. The van der Waals surface area contributed by atoms with Gasteiger partial charge in [-0.25, -0.2) is 4.98 Å². The van der Waals surface area contributed by atoms with E-state index in [1.807, 2.05) is 6.07 Å². The second kappa shape index (κ2) is 5.21. The SMILES string of the molecule is CC1CN(Cc2nc(N)ccc2Cl)CCN1C. The Morgan fingerprint density at radius 3 is 2.94 bits per heavy atom. The third-order valence-electron chi connectivity index (χ3n) is 3.36. The molecule has 0 amide bonds. The average Bonchev–Trinajstić information content (AvgIpc) is 2.29. The monoisotopic (exact) mass is 254 g/mol. The number of nitrogens with two attached hydrogens (primary N) is 1. The minimum absolute atomic E-state index is 0.534. The minimum atomic E-state index is 0.534. The molecular weight excluding hydrogens is 236 g/mol. The van der Waals surface area contributed by atoms with Crippen molar-refractivity contribution in [1.82, 2.24) is 14.8 Å². The Hall–Kier alpha value is -0.840. The van der Waals surface area contributed by atoms with Crippen molar-refractivity contribution in [3.63, 3.8) is 0 Å². The first kappa shape index (κ1) is 12.6. The van der Waals surface area contributed by atoms with Crippen molar-refractivity contribution in [2.75, 3.05) is 32.4 Å². The summed E-state index contributed by atoms with van der Waals surface area (Å²) < 4.78 is 0. The summed E-state index contributed by atoms with van der Waals surface area (Å²) >= 11 is 6.13. The van der Waals surface area contributed by atoms with E-state index in [4.69, 9.17) is 17.3 Å². The molecule has 1 unspecified atom stereocenters. The van der Waals surface area contributed by atoms with E-state index in [-0.39, 0.29) is 0 Å². The molecule has 4 nitrogen and oxygen atoms in total. The van der Waals surface area contributed by atoms with Crippen LogP contribution in [0.25, 0.3) is 0 Å². The van der Waals surface area contributed by atoms with Gasteiger partial charge in [-0.15, -0.1) is 0 Å². The average molecular weight is 255 g/mol. The number of hydrogen-bond acceptors (Lipinski definition) is 4. The van der Waals surface area contributed by atoms with Crippen LogP contribution in [0.5, 0.6) is 0 Å². The molecule has 1 aliphatic heterocycles. The first-order valence-corrected chi connectivity index (χ1v) is 6.27. The lowest BCUT2D eigenvalue weighted by molar-refractivity contribution is 0.0991. The van der Waals surface area contributed by atoms with E-state index in [9.17, 15) is 0 Å². The predicted octanol–water partition coefficient (Wildman–Crippen LogP) is 1.45. The lowest BCUT2D eigenvalue weighted by Gasteiger charge is -2.37. The molecule has 0 aromatic carbocycles. The number of aromatic nitrogens is 1. The van der Waals surface area contributed by atoms with Gasteiger partial charge in [-0.1, -0.05) is 11.6 Å². The molecule has 0 spiro atoms. The van der Waals surface area contributed by atoms with E-state index >= 15 is 0 Å². The Morgan fingerprint density at radius 2 is 2.24 bits per heavy atom. The predicted molar refractivity (Wildman–Crippen MR) is 71.0 cm³/mol. The fourth-order valence-electron chi connectivity index (χ4n) is 2.09. The molecule has 0 aliphatic carbocycles. The van der Waals surface area contributed by atoms with Crippen molar-refractivity contribution < 1.29 is 0 Å². The van der Waals surface area contributed by atoms with Crippen LogP contribution >= 0.6 is 11.6 Å². The summed E-state index contributed by atoms with van der Waals surface area (Å²) in [6, 6.07) is 4.13. The van der Waals surface area contributed by atoms with Crippen LogP contribution in [0.3, 0.4) is 0 Å². The standard InChI is InChI=1S/C12H19ClN4/c1-9-7-17(6-5-16(9)2)8-11-10(13)3-4-12(14)15-11/h3-4,9H,5-8H2,1-2H3,(H2,14,15). The maximum atomic E-state index is 6.13. The molecule has 1 aliphatic rings. The summed E-state index contributed by atoms with van der Waals surface area (Å²) in [6.07, 6.45) is 0. The van der Waals surface area contributed by atoms with Crippen molar-refractivity contribution >= 4 is 17.4 Å². The molecule has 1 saturated heterocycles. The Labute approximate surface area is 107 Å². The molecule has 94 valence electrons. The van der Waals surface area contributed by atoms with Crippen molar-refractivity contribution in [2.45, 2.75) is 19.5 Å². The van der Waals surface area contributed by atoms with Crippen LogP contribution < -0.4 is 5.73 Å². The molecule has 2 heterocycles. The Kier molecular flexibility index (Phi) is 3.86. The number of nitrogens with zero attached hydrogens (tertiary/aromatic N) is 3. The molecule has 1 aromatic heterocycles. The van der Waals surface area contributed by atoms with Gasteiger partial charge in [-0.2, -0.15) is 0 Å². The molecular formula is C12H19ClN4. The number of hydrogen-bond donors (Lipinski definition) is 1. The maximum absolute atomic E-state index is 6.13.